The number of ether oxygens (including phenoxy) is 1. The van der Waals surface area contributed by atoms with Crippen LogP contribution in [0.2, 0.25) is 0 Å². The van der Waals surface area contributed by atoms with Crippen molar-refractivity contribution in [3.8, 4) is 0 Å². The summed E-state index contributed by atoms with van der Waals surface area (Å²) < 4.78 is 30.9. The van der Waals surface area contributed by atoms with Gasteiger partial charge in [-0.25, -0.2) is 17.9 Å². The van der Waals surface area contributed by atoms with Gasteiger partial charge in [0.15, 0.2) is 6.10 Å². The van der Waals surface area contributed by atoms with Crippen LogP contribution in [0.25, 0.3) is 0 Å². The quantitative estimate of drug-likeness (QED) is 0.711. The number of carboxylic acids is 1. The molecule has 0 bridgehead atoms. The molecule has 2 atom stereocenters. The van der Waals surface area contributed by atoms with Crippen molar-refractivity contribution < 1.29 is 23.1 Å². The van der Waals surface area contributed by atoms with Gasteiger partial charge in [0.25, 0.3) is 0 Å². The molecule has 1 aliphatic rings. The summed E-state index contributed by atoms with van der Waals surface area (Å²) in [6, 6.07) is 0. The standard InChI is InChI=1S/C11H21NO5S/c1-8(2)5-6-18(15,16)12-7-9-3-4-10(17-9)11(13)14/h8-10,12H,3-7H2,1-2H3,(H,13,14). The summed E-state index contributed by atoms with van der Waals surface area (Å²) in [4.78, 5) is 10.7. The Kier molecular flexibility index (Phi) is 5.55. The van der Waals surface area contributed by atoms with E-state index in [2.05, 4.69) is 4.72 Å². The molecule has 0 aromatic heterocycles. The van der Waals surface area contributed by atoms with Crippen LogP contribution in [0, 0.1) is 5.92 Å². The van der Waals surface area contributed by atoms with Crippen LogP contribution >= 0.6 is 0 Å². The maximum Gasteiger partial charge on any atom is 0.332 e. The molecule has 0 saturated carbocycles. The van der Waals surface area contributed by atoms with Gasteiger partial charge in [0.05, 0.1) is 11.9 Å². The summed E-state index contributed by atoms with van der Waals surface area (Å²) in [5.74, 6) is -0.555. The van der Waals surface area contributed by atoms with Gasteiger partial charge >= 0.3 is 5.97 Å². The Labute approximate surface area is 108 Å². The number of hydrogen-bond acceptors (Lipinski definition) is 4. The monoisotopic (exact) mass is 279 g/mol. The molecule has 1 heterocycles. The highest BCUT2D eigenvalue weighted by molar-refractivity contribution is 7.89. The normalized spacial score (nSPS) is 24.6. The fraction of sp³-hybridized carbons (Fsp3) is 0.909. The molecule has 0 amide bonds. The van der Waals surface area contributed by atoms with Crippen molar-refractivity contribution in [2.24, 2.45) is 5.92 Å². The number of aliphatic carboxylic acids is 1. The summed E-state index contributed by atoms with van der Waals surface area (Å²) in [5.41, 5.74) is 0. The molecule has 106 valence electrons. The van der Waals surface area contributed by atoms with Crippen molar-refractivity contribution in [1.29, 1.82) is 0 Å². The number of carbonyl (C=O) groups is 1. The molecule has 1 aliphatic heterocycles. The Balaban J connectivity index is 2.31. The number of nitrogens with one attached hydrogen (secondary N) is 1. The second-order valence-electron chi connectivity index (χ2n) is 5.01. The van der Waals surface area contributed by atoms with Crippen LogP contribution < -0.4 is 4.72 Å². The summed E-state index contributed by atoms with van der Waals surface area (Å²) in [5, 5.41) is 8.74. The lowest BCUT2D eigenvalue weighted by atomic mass is 10.2. The predicted octanol–water partition coefficient (Wildman–Crippen LogP) is 0.584. The average Bonchev–Trinajstić information content (AvgIpc) is 2.73. The zero-order chi connectivity index (χ0) is 13.8. The Hall–Kier alpha value is -0.660. The highest BCUT2D eigenvalue weighted by Crippen LogP contribution is 2.19. The Morgan fingerprint density at radius 3 is 2.61 bits per heavy atom. The van der Waals surface area contributed by atoms with Crippen molar-refractivity contribution in [2.75, 3.05) is 12.3 Å². The van der Waals surface area contributed by atoms with Crippen molar-refractivity contribution in [1.82, 2.24) is 4.72 Å². The second kappa shape index (κ2) is 6.49. The highest BCUT2D eigenvalue weighted by Gasteiger charge is 2.30. The zero-order valence-electron chi connectivity index (χ0n) is 10.8. The molecule has 18 heavy (non-hydrogen) atoms. The first-order valence-electron chi connectivity index (χ1n) is 6.16. The third-order valence-electron chi connectivity index (χ3n) is 2.88. The van der Waals surface area contributed by atoms with Crippen molar-refractivity contribution in [3.63, 3.8) is 0 Å². The van der Waals surface area contributed by atoms with Crippen LogP contribution in [-0.4, -0.2) is 44.0 Å². The molecule has 1 saturated heterocycles. The van der Waals surface area contributed by atoms with Gasteiger partial charge in [0.1, 0.15) is 0 Å². The van der Waals surface area contributed by atoms with E-state index in [4.69, 9.17) is 9.84 Å². The van der Waals surface area contributed by atoms with Gasteiger partial charge in [-0.05, 0) is 25.2 Å². The van der Waals surface area contributed by atoms with E-state index in [0.717, 1.165) is 0 Å². The van der Waals surface area contributed by atoms with Gasteiger partial charge in [-0.1, -0.05) is 13.8 Å². The fourth-order valence-corrected chi connectivity index (χ4v) is 3.09. The SMILES string of the molecule is CC(C)CCS(=O)(=O)NCC1CCC(C(=O)O)O1. The van der Waals surface area contributed by atoms with Crippen LogP contribution in [-0.2, 0) is 19.6 Å². The Bertz CT molecular complexity index is 379. The van der Waals surface area contributed by atoms with Gasteiger partial charge < -0.3 is 9.84 Å². The van der Waals surface area contributed by atoms with E-state index >= 15 is 0 Å². The average molecular weight is 279 g/mol. The second-order valence-corrected chi connectivity index (χ2v) is 6.94. The minimum Gasteiger partial charge on any atom is -0.479 e. The third kappa shape index (κ3) is 5.32. The molecule has 0 aliphatic carbocycles. The molecule has 1 fully saturated rings. The van der Waals surface area contributed by atoms with Crippen molar-refractivity contribution >= 4 is 16.0 Å². The highest BCUT2D eigenvalue weighted by atomic mass is 32.2. The van der Waals surface area contributed by atoms with Crippen LogP contribution in [0.1, 0.15) is 33.1 Å². The van der Waals surface area contributed by atoms with E-state index in [9.17, 15) is 13.2 Å². The van der Waals surface area contributed by atoms with Crippen molar-refractivity contribution in [2.45, 2.75) is 45.3 Å². The van der Waals surface area contributed by atoms with Crippen LogP contribution in [0.3, 0.4) is 0 Å². The lowest BCUT2D eigenvalue weighted by Gasteiger charge is -2.13. The molecule has 7 heteroatoms. The molecule has 6 nitrogen and oxygen atoms in total. The first-order chi connectivity index (χ1) is 8.30. The molecule has 0 aromatic rings. The van der Waals surface area contributed by atoms with Crippen LogP contribution in [0.15, 0.2) is 0 Å². The molecule has 0 aromatic carbocycles. The summed E-state index contributed by atoms with van der Waals surface area (Å²) in [6.45, 7) is 4.09. The first kappa shape index (κ1) is 15.4. The predicted molar refractivity (Wildman–Crippen MR) is 66.8 cm³/mol. The fourth-order valence-electron chi connectivity index (χ4n) is 1.72. The molecule has 2 unspecified atom stereocenters. The smallest absolute Gasteiger partial charge is 0.332 e. The lowest BCUT2D eigenvalue weighted by molar-refractivity contribution is -0.149. The van der Waals surface area contributed by atoms with Crippen LogP contribution in [0.5, 0.6) is 0 Å². The van der Waals surface area contributed by atoms with Gasteiger partial charge in [-0.2, -0.15) is 0 Å². The molecule has 0 radical (unpaired) electrons. The first-order valence-corrected chi connectivity index (χ1v) is 7.81. The molecular weight excluding hydrogens is 258 g/mol. The Morgan fingerprint density at radius 2 is 2.11 bits per heavy atom. The summed E-state index contributed by atoms with van der Waals surface area (Å²) >= 11 is 0. The summed E-state index contributed by atoms with van der Waals surface area (Å²) in [6.07, 6.45) is 0.491. The van der Waals surface area contributed by atoms with E-state index in [1.165, 1.54) is 0 Å². The number of carboxylic acid groups (broad SMARTS) is 1. The molecule has 1 rings (SSSR count). The van der Waals surface area contributed by atoms with E-state index in [0.29, 0.717) is 25.2 Å². The minimum atomic E-state index is -3.28. The summed E-state index contributed by atoms with van der Waals surface area (Å²) in [7, 11) is -3.28. The molecular formula is C11H21NO5S. The third-order valence-corrected chi connectivity index (χ3v) is 4.26. The van der Waals surface area contributed by atoms with Gasteiger partial charge in [-0.3, -0.25) is 0 Å². The van der Waals surface area contributed by atoms with E-state index in [1.807, 2.05) is 13.8 Å². The maximum absolute atomic E-state index is 11.6. The van der Waals surface area contributed by atoms with Gasteiger partial charge in [0, 0.05) is 6.54 Å². The number of sulfonamides is 1. The van der Waals surface area contributed by atoms with Gasteiger partial charge in [0.2, 0.25) is 10.0 Å². The van der Waals surface area contributed by atoms with Crippen LogP contribution in [0.4, 0.5) is 0 Å². The topological polar surface area (TPSA) is 92.7 Å². The molecule has 2 N–H and O–H groups in total. The lowest BCUT2D eigenvalue weighted by Crippen LogP contribution is -2.34. The molecule has 0 spiro atoms. The van der Waals surface area contributed by atoms with Gasteiger partial charge in [-0.15, -0.1) is 0 Å². The Morgan fingerprint density at radius 1 is 1.44 bits per heavy atom. The number of hydrogen-bond donors (Lipinski definition) is 2. The number of rotatable bonds is 7. The largest absolute Gasteiger partial charge is 0.479 e. The zero-order valence-corrected chi connectivity index (χ0v) is 11.6. The van der Waals surface area contributed by atoms with Crippen molar-refractivity contribution in [3.05, 3.63) is 0 Å². The van der Waals surface area contributed by atoms with E-state index in [-0.39, 0.29) is 18.4 Å². The minimum absolute atomic E-state index is 0.0970. The maximum atomic E-state index is 11.6. The van der Waals surface area contributed by atoms with E-state index in [1.54, 1.807) is 0 Å². The van der Waals surface area contributed by atoms with E-state index < -0.39 is 22.1 Å².